The highest BCUT2D eigenvalue weighted by Crippen LogP contribution is 2.39. The lowest BCUT2D eigenvalue weighted by atomic mass is 10.2. The Kier molecular flexibility index (Phi) is 3.91. The smallest absolute Gasteiger partial charge is 0.255 e. The fourth-order valence-corrected chi connectivity index (χ4v) is 3.21. The minimum absolute atomic E-state index is 0.186. The van der Waals surface area contributed by atoms with Gasteiger partial charge in [0, 0.05) is 25.2 Å². The summed E-state index contributed by atoms with van der Waals surface area (Å²) in [6.07, 6.45) is 5.65. The molecule has 2 aliphatic rings. The van der Waals surface area contributed by atoms with Crippen LogP contribution in [0.25, 0.3) is 11.2 Å². The first-order valence-corrected chi connectivity index (χ1v) is 8.64. The Labute approximate surface area is 144 Å². The van der Waals surface area contributed by atoms with Crippen molar-refractivity contribution in [1.29, 1.82) is 0 Å². The number of likely N-dealkylation sites (tertiary alicyclic amines) is 1. The number of aromatic nitrogens is 3. The first-order chi connectivity index (χ1) is 12.0. The minimum atomic E-state index is -0.665. The van der Waals surface area contributed by atoms with E-state index in [0.717, 1.165) is 18.5 Å². The molecule has 2 aromatic rings. The van der Waals surface area contributed by atoms with Crippen LogP contribution >= 0.6 is 0 Å². The van der Waals surface area contributed by atoms with Gasteiger partial charge in [-0.1, -0.05) is 0 Å². The van der Waals surface area contributed by atoms with E-state index >= 15 is 0 Å². The first-order valence-electron chi connectivity index (χ1n) is 8.64. The van der Waals surface area contributed by atoms with E-state index in [2.05, 4.69) is 20.3 Å². The number of aliphatic hydroxyl groups excluding tert-OH is 1. The monoisotopic (exact) mass is 343 g/mol. The van der Waals surface area contributed by atoms with Crippen molar-refractivity contribution in [3.05, 3.63) is 23.7 Å². The van der Waals surface area contributed by atoms with Gasteiger partial charge in [0.05, 0.1) is 23.6 Å². The lowest BCUT2D eigenvalue weighted by Crippen LogP contribution is -2.46. The number of amides is 2. The second-order valence-corrected chi connectivity index (χ2v) is 6.89. The molecule has 2 amide bonds. The van der Waals surface area contributed by atoms with Gasteiger partial charge in [-0.3, -0.25) is 9.59 Å². The highest BCUT2D eigenvalue weighted by molar-refractivity contribution is 6.05. The molecule has 2 atom stereocenters. The molecule has 0 aromatic carbocycles. The van der Waals surface area contributed by atoms with Crippen molar-refractivity contribution in [3.63, 3.8) is 0 Å². The van der Waals surface area contributed by atoms with Crippen molar-refractivity contribution in [2.45, 2.75) is 44.2 Å². The summed E-state index contributed by atoms with van der Waals surface area (Å²) in [7, 11) is 0. The molecule has 2 unspecified atom stereocenters. The van der Waals surface area contributed by atoms with Crippen LogP contribution in [0.3, 0.4) is 0 Å². The number of H-pyrrole nitrogens is 1. The number of carbonyl (C=O) groups excluding carboxylic acids is 2. The van der Waals surface area contributed by atoms with Crippen molar-refractivity contribution in [3.8, 4) is 0 Å². The zero-order chi connectivity index (χ0) is 17.6. The maximum atomic E-state index is 12.6. The summed E-state index contributed by atoms with van der Waals surface area (Å²) in [5.74, 6) is -0.0895. The van der Waals surface area contributed by atoms with E-state index < -0.39 is 12.1 Å². The molecule has 8 nitrogen and oxygen atoms in total. The van der Waals surface area contributed by atoms with Crippen LogP contribution in [0.15, 0.2) is 12.4 Å². The summed E-state index contributed by atoms with van der Waals surface area (Å²) in [4.78, 5) is 38.4. The predicted molar refractivity (Wildman–Crippen MR) is 90.0 cm³/mol. The van der Waals surface area contributed by atoms with Crippen LogP contribution in [-0.2, 0) is 4.79 Å². The van der Waals surface area contributed by atoms with Crippen LogP contribution in [0.1, 0.15) is 48.2 Å². The van der Waals surface area contributed by atoms with E-state index in [4.69, 9.17) is 0 Å². The summed E-state index contributed by atoms with van der Waals surface area (Å²) in [5.41, 5.74) is 2.41. The van der Waals surface area contributed by atoms with Crippen molar-refractivity contribution in [2.75, 3.05) is 13.1 Å². The Hall–Kier alpha value is -2.48. The van der Waals surface area contributed by atoms with Crippen LogP contribution in [0.4, 0.5) is 0 Å². The van der Waals surface area contributed by atoms with Gasteiger partial charge in [-0.2, -0.15) is 0 Å². The third-order valence-electron chi connectivity index (χ3n) is 4.83. The Morgan fingerprint density at radius 3 is 2.88 bits per heavy atom. The lowest BCUT2D eigenvalue weighted by Gasteiger charge is -2.21. The molecular formula is C17H21N5O3. The molecule has 132 valence electrons. The number of hydrogen-bond donors (Lipinski definition) is 3. The van der Waals surface area contributed by atoms with Crippen LogP contribution < -0.4 is 5.32 Å². The Bertz CT molecular complexity index is 829. The second-order valence-electron chi connectivity index (χ2n) is 6.89. The molecule has 0 bridgehead atoms. The summed E-state index contributed by atoms with van der Waals surface area (Å²) < 4.78 is 0. The molecule has 4 rings (SSSR count). The third kappa shape index (κ3) is 3.09. The zero-order valence-electron chi connectivity index (χ0n) is 14.0. The second kappa shape index (κ2) is 6.11. The van der Waals surface area contributed by atoms with Gasteiger partial charge in [0.2, 0.25) is 5.91 Å². The number of nitrogens with zero attached hydrogens (tertiary/aromatic N) is 3. The SMILES string of the molecule is CC(NC(=O)c1c[nH]c2ncc(C3CC3)nc12)C(=O)N1CCC(O)C1. The van der Waals surface area contributed by atoms with Crippen molar-refractivity contribution < 1.29 is 14.7 Å². The molecule has 0 radical (unpaired) electrons. The van der Waals surface area contributed by atoms with Crippen LogP contribution in [-0.4, -0.2) is 62.0 Å². The minimum Gasteiger partial charge on any atom is -0.391 e. The molecule has 3 heterocycles. The number of carbonyl (C=O) groups is 2. The van der Waals surface area contributed by atoms with E-state index in [-0.39, 0.29) is 11.8 Å². The fraction of sp³-hybridized carbons (Fsp3) is 0.529. The average Bonchev–Trinajstić information content (AvgIpc) is 3.22. The van der Waals surface area contributed by atoms with Crippen molar-refractivity contribution in [2.24, 2.45) is 0 Å². The van der Waals surface area contributed by atoms with Gasteiger partial charge in [0.15, 0.2) is 5.65 Å². The zero-order valence-corrected chi connectivity index (χ0v) is 14.0. The topological polar surface area (TPSA) is 111 Å². The lowest BCUT2D eigenvalue weighted by molar-refractivity contribution is -0.132. The third-order valence-corrected chi connectivity index (χ3v) is 4.83. The normalized spacial score (nSPS) is 21.5. The maximum Gasteiger partial charge on any atom is 0.255 e. The van der Waals surface area contributed by atoms with Crippen molar-refractivity contribution >= 4 is 23.0 Å². The average molecular weight is 343 g/mol. The standard InChI is InChI=1S/C17H21N5O3/c1-9(17(25)22-5-4-11(23)8-22)20-16(24)12-6-18-15-14(12)21-13(7-19-15)10-2-3-10/h6-7,9-11,23H,2-5,8H2,1H3,(H,18,19)(H,20,24). The summed E-state index contributed by atoms with van der Waals surface area (Å²) in [6, 6.07) is -0.665. The highest BCUT2D eigenvalue weighted by atomic mass is 16.3. The molecule has 1 aliphatic heterocycles. The summed E-state index contributed by atoms with van der Waals surface area (Å²) >= 11 is 0. The number of rotatable bonds is 4. The van der Waals surface area contributed by atoms with Gasteiger partial charge >= 0.3 is 0 Å². The number of aromatic amines is 1. The van der Waals surface area contributed by atoms with E-state index in [1.54, 1.807) is 24.2 Å². The van der Waals surface area contributed by atoms with E-state index in [1.807, 2.05) is 0 Å². The molecular weight excluding hydrogens is 322 g/mol. The molecule has 1 aliphatic carbocycles. The van der Waals surface area contributed by atoms with Crippen LogP contribution in [0.5, 0.6) is 0 Å². The summed E-state index contributed by atoms with van der Waals surface area (Å²) in [6.45, 7) is 2.49. The Morgan fingerprint density at radius 1 is 1.40 bits per heavy atom. The molecule has 25 heavy (non-hydrogen) atoms. The Morgan fingerprint density at radius 2 is 2.20 bits per heavy atom. The first kappa shape index (κ1) is 16.0. The van der Waals surface area contributed by atoms with Gasteiger partial charge in [-0.15, -0.1) is 0 Å². The molecule has 8 heteroatoms. The molecule has 0 spiro atoms. The van der Waals surface area contributed by atoms with Crippen LogP contribution in [0, 0.1) is 0 Å². The number of nitrogens with one attached hydrogen (secondary N) is 2. The van der Waals surface area contributed by atoms with Gasteiger partial charge in [-0.25, -0.2) is 9.97 Å². The number of hydrogen-bond acceptors (Lipinski definition) is 5. The molecule has 3 N–H and O–H groups in total. The number of β-amino-alcohol motifs (C(OH)–C–C–N with tert-alkyl or cyclic N) is 1. The fourth-order valence-electron chi connectivity index (χ4n) is 3.21. The van der Waals surface area contributed by atoms with E-state index in [0.29, 0.717) is 42.2 Å². The number of aliphatic hydroxyl groups is 1. The quantitative estimate of drug-likeness (QED) is 0.750. The van der Waals surface area contributed by atoms with Gasteiger partial charge in [0.1, 0.15) is 11.6 Å². The highest BCUT2D eigenvalue weighted by Gasteiger charge is 2.30. The molecule has 1 saturated carbocycles. The van der Waals surface area contributed by atoms with Gasteiger partial charge in [-0.05, 0) is 26.2 Å². The van der Waals surface area contributed by atoms with E-state index in [1.165, 1.54) is 0 Å². The summed E-state index contributed by atoms with van der Waals surface area (Å²) in [5, 5.41) is 12.3. The van der Waals surface area contributed by atoms with E-state index in [9.17, 15) is 14.7 Å². The maximum absolute atomic E-state index is 12.6. The van der Waals surface area contributed by atoms with Crippen LogP contribution in [0.2, 0.25) is 0 Å². The largest absolute Gasteiger partial charge is 0.391 e. The number of fused-ring (bicyclic) bond motifs is 1. The van der Waals surface area contributed by atoms with Crippen molar-refractivity contribution in [1.82, 2.24) is 25.2 Å². The molecule has 2 aromatic heterocycles. The Balaban J connectivity index is 1.49. The van der Waals surface area contributed by atoms with Gasteiger partial charge < -0.3 is 20.3 Å². The molecule has 1 saturated heterocycles. The predicted octanol–water partition coefficient (Wildman–Crippen LogP) is 0.547. The molecule has 2 fully saturated rings. The van der Waals surface area contributed by atoms with Gasteiger partial charge in [0.25, 0.3) is 5.91 Å².